The van der Waals surface area contributed by atoms with Crippen LogP contribution in [0, 0.1) is 11.3 Å². The Labute approximate surface area is 116 Å². The fourth-order valence-corrected chi connectivity index (χ4v) is 1.96. The lowest BCUT2D eigenvalue weighted by Crippen LogP contribution is -2.51. The van der Waals surface area contributed by atoms with Gasteiger partial charge in [0.1, 0.15) is 5.75 Å². The summed E-state index contributed by atoms with van der Waals surface area (Å²) in [5.41, 5.74) is 0.593. The van der Waals surface area contributed by atoms with Gasteiger partial charge < -0.3 is 4.74 Å². The monoisotopic (exact) mass is 273 g/mol. The third kappa shape index (κ3) is 4.07. The van der Waals surface area contributed by atoms with Gasteiger partial charge in [0.25, 0.3) is 0 Å². The molecule has 0 saturated carbocycles. The number of carbonyl (C=O) groups is 2. The normalized spacial score (nSPS) is 15.6. The molecule has 1 aliphatic heterocycles. The molecule has 2 amide bonds. The highest BCUT2D eigenvalue weighted by Gasteiger charge is 2.21. The minimum Gasteiger partial charge on any atom is -0.494 e. The van der Waals surface area contributed by atoms with Gasteiger partial charge in [-0.3, -0.25) is 19.8 Å². The third-order valence-electron chi connectivity index (χ3n) is 2.88. The number of nitrogens with zero attached hydrogens (tertiary/aromatic N) is 2. The first-order valence-corrected chi connectivity index (χ1v) is 6.35. The molecule has 6 heteroatoms. The standard InChI is InChI=1S/C14H15N3O3/c15-8-11-2-4-12(5-3-11)20-7-1-6-17-9-13(18)16-14(19)10-17/h2-5H,1,6-7,9-10H2,(H,16,18,19). The van der Waals surface area contributed by atoms with Gasteiger partial charge in [0.15, 0.2) is 0 Å². The summed E-state index contributed by atoms with van der Waals surface area (Å²) in [5, 5.41) is 10.9. The summed E-state index contributed by atoms with van der Waals surface area (Å²) in [7, 11) is 0. The molecule has 0 bridgehead atoms. The smallest absolute Gasteiger partial charge is 0.240 e. The van der Waals surface area contributed by atoms with Crippen LogP contribution in [0.2, 0.25) is 0 Å². The molecule has 1 aromatic carbocycles. The molecule has 0 unspecified atom stereocenters. The van der Waals surface area contributed by atoms with Crippen molar-refractivity contribution in [1.82, 2.24) is 10.2 Å². The third-order valence-corrected chi connectivity index (χ3v) is 2.88. The Bertz CT molecular complexity index is 518. The Morgan fingerprint density at radius 1 is 1.20 bits per heavy atom. The summed E-state index contributed by atoms with van der Waals surface area (Å²) in [5.74, 6) is 0.194. The second-order valence-electron chi connectivity index (χ2n) is 4.52. The number of piperazine rings is 1. The number of imide groups is 1. The van der Waals surface area contributed by atoms with Crippen LogP contribution in [0.4, 0.5) is 0 Å². The van der Waals surface area contributed by atoms with E-state index >= 15 is 0 Å². The van der Waals surface area contributed by atoms with Crippen molar-refractivity contribution in [3.63, 3.8) is 0 Å². The lowest BCUT2D eigenvalue weighted by atomic mass is 10.2. The topological polar surface area (TPSA) is 82.4 Å². The largest absolute Gasteiger partial charge is 0.494 e. The Morgan fingerprint density at radius 2 is 1.85 bits per heavy atom. The molecule has 6 nitrogen and oxygen atoms in total. The zero-order valence-electron chi connectivity index (χ0n) is 11.0. The zero-order valence-corrected chi connectivity index (χ0v) is 11.0. The van der Waals surface area contributed by atoms with E-state index in [0.29, 0.717) is 24.5 Å². The Balaban J connectivity index is 1.69. The predicted octanol–water partition coefficient (Wildman–Crippen LogP) is 0.286. The average Bonchev–Trinajstić information content (AvgIpc) is 2.43. The number of ether oxygens (including phenoxy) is 1. The quantitative estimate of drug-likeness (QED) is 0.615. The van der Waals surface area contributed by atoms with Crippen molar-refractivity contribution < 1.29 is 14.3 Å². The molecule has 1 saturated heterocycles. The van der Waals surface area contributed by atoms with E-state index in [-0.39, 0.29) is 24.9 Å². The van der Waals surface area contributed by atoms with Gasteiger partial charge in [-0.15, -0.1) is 0 Å². The van der Waals surface area contributed by atoms with Crippen molar-refractivity contribution >= 4 is 11.8 Å². The van der Waals surface area contributed by atoms with Gasteiger partial charge in [0.05, 0.1) is 31.3 Å². The van der Waals surface area contributed by atoms with E-state index in [1.807, 2.05) is 6.07 Å². The number of hydrogen-bond donors (Lipinski definition) is 1. The molecule has 0 aliphatic carbocycles. The van der Waals surface area contributed by atoms with Crippen molar-refractivity contribution in [3.05, 3.63) is 29.8 Å². The number of benzene rings is 1. The molecule has 0 atom stereocenters. The Morgan fingerprint density at radius 3 is 2.45 bits per heavy atom. The number of rotatable bonds is 5. The average molecular weight is 273 g/mol. The summed E-state index contributed by atoms with van der Waals surface area (Å²) < 4.78 is 5.53. The van der Waals surface area contributed by atoms with Crippen LogP contribution in [0.3, 0.4) is 0 Å². The van der Waals surface area contributed by atoms with E-state index in [9.17, 15) is 9.59 Å². The first-order chi connectivity index (χ1) is 9.67. The molecule has 1 fully saturated rings. The molecule has 1 aliphatic rings. The molecule has 0 radical (unpaired) electrons. The number of nitriles is 1. The summed E-state index contributed by atoms with van der Waals surface area (Å²) >= 11 is 0. The van der Waals surface area contributed by atoms with Crippen LogP contribution in [0.15, 0.2) is 24.3 Å². The number of amides is 2. The fourth-order valence-electron chi connectivity index (χ4n) is 1.96. The van der Waals surface area contributed by atoms with Gasteiger partial charge >= 0.3 is 0 Å². The summed E-state index contributed by atoms with van der Waals surface area (Å²) in [6, 6.07) is 8.93. The van der Waals surface area contributed by atoms with Gasteiger partial charge in [0.2, 0.25) is 11.8 Å². The number of carbonyl (C=O) groups excluding carboxylic acids is 2. The maximum absolute atomic E-state index is 11.2. The molecule has 1 heterocycles. The van der Waals surface area contributed by atoms with E-state index in [1.54, 1.807) is 29.2 Å². The van der Waals surface area contributed by atoms with Crippen molar-refractivity contribution in [2.24, 2.45) is 0 Å². The van der Waals surface area contributed by atoms with Crippen molar-refractivity contribution in [2.45, 2.75) is 6.42 Å². The van der Waals surface area contributed by atoms with Gasteiger partial charge in [-0.2, -0.15) is 5.26 Å². The molecule has 104 valence electrons. The highest BCUT2D eigenvalue weighted by Crippen LogP contribution is 2.11. The van der Waals surface area contributed by atoms with E-state index < -0.39 is 0 Å². The Kier molecular flexibility index (Phi) is 4.69. The molecule has 0 aromatic heterocycles. The first-order valence-electron chi connectivity index (χ1n) is 6.35. The van der Waals surface area contributed by atoms with Crippen LogP contribution in [0.1, 0.15) is 12.0 Å². The maximum atomic E-state index is 11.2. The van der Waals surface area contributed by atoms with Crippen molar-refractivity contribution in [2.75, 3.05) is 26.2 Å². The fraction of sp³-hybridized carbons (Fsp3) is 0.357. The van der Waals surface area contributed by atoms with Gasteiger partial charge in [-0.05, 0) is 30.7 Å². The maximum Gasteiger partial charge on any atom is 0.240 e. The summed E-state index contributed by atoms with van der Waals surface area (Å²) in [4.78, 5) is 24.1. The molecule has 1 aromatic rings. The molecule has 2 rings (SSSR count). The van der Waals surface area contributed by atoms with Gasteiger partial charge in [-0.1, -0.05) is 0 Å². The zero-order chi connectivity index (χ0) is 14.4. The van der Waals surface area contributed by atoms with Crippen LogP contribution in [0.5, 0.6) is 5.75 Å². The summed E-state index contributed by atoms with van der Waals surface area (Å²) in [6.07, 6.45) is 0.723. The SMILES string of the molecule is N#Cc1ccc(OCCCN2CC(=O)NC(=O)C2)cc1. The van der Waals surface area contributed by atoms with Crippen molar-refractivity contribution in [1.29, 1.82) is 5.26 Å². The first kappa shape index (κ1) is 14.0. The second-order valence-corrected chi connectivity index (χ2v) is 4.52. The van der Waals surface area contributed by atoms with Crippen molar-refractivity contribution in [3.8, 4) is 11.8 Å². The van der Waals surface area contributed by atoms with Crippen LogP contribution >= 0.6 is 0 Å². The number of nitrogens with one attached hydrogen (secondary N) is 1. The molecule has 0 spiro atoms. The highest BCUT2D eigenvalue weighted by molar-refractivity contribution is 5.99. The second kappa shape index (κ2) is 6.68. The molecular weight excluding hydrogens is 258 g/mol. The van der Waals surface area contributed by atoms with Crippen LogP contribution < -0.4 is 10.1 Å². The highest BCUT2D eigenvalue weighted by atomic mass is 16.5. The van der Waals surface area contributed by atoms with E-state index in [2.05, 4.69) is 5.32 Å². The van der Waals surface area contributed by atoms with Gasteiger partial charge in [0, 0.05) is 6.54 Å². The minimum absolute atomic E-state index is 0.253. The summed E-state index contributed by atoms with van der Waals surface area (Å²) in [6.45, 7) is 1.64. The minimum atomic E-state index is -0.255. The number of hydrogen-bond acceptors (Lipinski definition) is 5. The van der Waals surface area contributed by atoms with Crippen LogP contribution in [0.25, 0.3) is 0 Å². The lowest BCUT2D eigenvalue weighted by molar-refractivity contribution is -0.136. The molecular formula is C14H15N3O3. The van der Waals surface area contributed by atoms with E-state index in [4.69, 9.17) is 10.00 Å². The lowest BCUT2D eigenvalue weighted by Gasteiger charge is -2.24. The van der Waals surface area contributed by atoms with Crippen LogP contribution in [-0.4, -0.2) is 43.0 Å². The molecule has 20 heavy (non-hydrogen) atoms. The molecule has 1 N–H and O–H groups in total. The van der Waals surface area contributed by atoms with E-state index in [1.165, 1.54) is 0 Å². The van der Waals surface area contributed by atoms with Crippen LogP contribution in [-0.2, 0) is 9.59 Å². The van der Waals surface area contributed by atoms with E-state index in [0.717, 1.165) is 6.42 Å². The predicted molar refractivity (Wildman–Crippen MR) is 70.9 cm³/mol. The van der Waals surface area contributed by atoms with Gasteiger partial charge in [-0.25, -0.2) is 0 Å². The Hall–Kier alpha value is -2.39.